The Bertz CT molecular complexity index is 949. The second-order valence-corrected chi connectivity index (χ2v) is 7.36. The predicted molar refractivity (Wildman–Crippen MR) is 105 cm³/mol. The van der Waals surface area contributed by atoms with Crippen LogP contribution in [-0.4, -0.2) is 21.8 Å². The van der Waals surface area contributed by atoms with Gasteiger partial charge in [-0.2, -0.15) is 0 Å². The number of halogens is 1. The van der Waals surface area contributed by atoms with Crippen molar-refractivity contribution in [1.82, 2.24) is 10.2 Å². The van der Waals surface area contributed by atoms with Crippen LogP contribution >= 0.6 is 11.6 Å². The van der Waals surface area contributed by atoms with Crippen molar-refractivity contribution in [3.05, 3.63) is 65.0 Å². The largest absolute Gasteiger partial charge is 0.476 e. The zero-order valence-electron chi connectivity index (χ0n) is 16.1. The average Bonchev–Trinajstić information content (AvgIpc) is 3.14. The van der Waals surface area contributed by atoms with Gasteiger partial charge in [-0.25, -0.2) is 4.79 Å². The fourth-order valence-electron chi connectivity index (χ4n) is 2.40. The molecule has 1 aromatic heterocycles. The molecule has 146 valence electrons. The van der Waals surface area contributed by atoms with Gasteiger partial charge in [0.2, 0.25) is 5.89 Å². The topological polar surface area (TPSA) is 74.5 Å². The molecule has 0 radical (unpaired) electrons. The van der Waals surface area contributed by atoms with E-state index in [2.05, 4.69) is 10.2 Å². The van der Waals surface area contributed by atoms with Crippen molar-refractivity contribution in [2.45, 2.75) is 39.4 Å². The Morgan fingerprint density at radius 1 is 1.07 bits per heavy atom. The van der Waals surface area contributed by atoms with Gasteiger partial charge in [-0.3, -0.25) is 0 Å². The minimum Gasteiger partial charge on any atom is -0.476 e. The lowest BCUT2D eigenvalue weighted by Gasteiger charge is -2.25. The van der Waals surface area contributed by atoms with Gasteiger partial charge in [0.1, 0.15) is 5.75 Å². The molecular formula is C21H21ClN2O4. The molecule has 3 rings (SSSR count). The van der Waals surface area contributed by atoms with Crippen LogP contribution in [0.4, 0.5) is 0 Å². The highest BCUT2D eigenvalue weighted by Gasteiger charge is 2.34. The summed E-state index contributed by atoms with van der Waals surface area (Å²) in [6.07, 6.45) is -0.715. The lowest BCUT2D eigenvalue weighted by Crippen LogP contribution is -2.40. The van der Waals surface area contributed by atoms with E-state index in [1.807, 2.05) is 31.2 Å². The first-order valence-corrected chi connectivity index (χ1v) is 9.18. The van der Waals surface area contributed by atoms with Gasteiger partial charge < -0.3 is 13.9 Å². The standard InChI is InChI=1S/C21H21ClN2O4/c1-13-5-7-15(8-6-13)19-24-23-18(27-19)14(2)26-20(25)21(3,4)28-17-11-9-16(22)10-12-17/h5-12,14H,1-4H3. The molecule has 0 amide bonds. The Labute approximate surface area is 168 Å². The van der Waals surface area contributed by atoms with Gasteiger partial charge in [-0.15, -0.1) is 10.2 Å². The third-order valence-corrected chi connectivity index (χ3v) is 4.30. The molecule has 0 aliphatic rings. The number of carbonyl (C=O) groups is 1. The molecule has 0 bridgehead atoms. The van der Waals surface area contributed by atoms with Gasteiger partial charge in [-0.05, 0) is 64.1 Å². The average molecular weight is 401 g/mol. The first kappa shape index (κ1) is 19.9. The van der Waals surface area contributed by atoms with Crippen LogP contribution in [0.3, 0.4) is 0 Å². The van der Waals surface area contributed by atoms with E-state index < -0.39 is 17.7 Å². The number of hydrogen-bond acceptors (Lipinski definition) is 6. The summed E-state index contributed by atoms with van der Waals surface area (Å²) in [6.45, 7) is 6.92. The van der Waals surface area contributed by atoms with Gasteiger partial charge in [0, 0.05) is 10.6 Å². The monoisotopic (exact) mass is 400 g/mol. The van der Waals surface area contributed by atoms with Crippen LogP contribution in [0.5, 0.6) is 5.75 Å². The molecule has 1 atom stereocenters. The van der Waals surface area contributed by atoms with Crippen molar-refractivity contribution in [3.8, 4) is 17.2 Å². The predicted octanol–water partition coefficient (Wildman–Crippen LogP) is 5.16. The Hall–Kier alpha value is -2.86. The maximum Gasteiger partial charge on any atom is 0.350 e. The highest BCUT2D eigenvalue weighted by atomic mass is 35.5. The van der Waals surface area contributed by atoms with E-state index >= 15 is 0 Å². The van der Waals surface area contributed by atoms with Gasteiger partial charge >= 0.3 is 5.97 Å². The van der Waals surface area contributed by atoms with Crippen LogP contribution in [0, 0.1) is 6.92 Å². The van der Waals surface area contributed by atoms with Crippen LogP contribution in [0.25, 0.3) is 11.5 Å². The van der Waals surface area contributed by atoms with Crippen LogP contribution in [-0.2, 0) is 9.53 Å². The number of aryl methyl sites for hydroxylation is 1. The first-order valence-electron chi connectivity index (χ1n) is 8.81. The minimum atomic E-state index is -1.21. The van der Waals surface area contributed by atoms with Gasteiger partial charge in [0.15, 0.2) is 11.7 Å². The molecule has 6 nitrogen and oxygen atoms in total. The van der Waals surface area contributed by atoms with Crippen molar-refractivity contribution in [2.75, 3.05) is 0 Å². The molecule has 0 N–H and O–H groups in total. The molecule has 0 aliphatic carbocycles. The van der Waals surface area contributed by atoms with Crippen molar-refractivity contribution >= 4 is 17.6 Å². The van der Waals surface area contributed by atoms with Crippen LogP contribution in [0.1, 0.15) is 38.3 Å². The summed E-state index contributed by atoms with van der Waals surface area (Å²) in [5.41, 5.74) is 0.727. The summed E-state index contributed by atoms with van der Waals surface area (Å²) in [7, 11) is 0. The van der Waals surface area contributed by atoms with E-state index in [4.69, 9.17) is 25.5 Å². The molecule has 0 fully saturated rings. The van der Waals surface area contributed by atoms with Gasteiger partial charge in [-0.1, -0.05) is 29.3 Å². The molecule has 0 saturated heterocycles. The second kappa shape index (κ2) is 8.02. The number of carbonyl (C=O) groups excluding carboxylic acids is 1. The number of aromatic nitrogens is 2. The molecule has 7 heteroatoms. The Morgan fingerprint density at radius 2 is 1.71 bits per heavy atom. The molecule has 2 aromatic carbocycles. The summed E-state index contributed by atoms with van der Waals surface area (Å²) < 4.78 is 16.9. The van der Waals surface area contributed by atoms with Crippen molar-refractivity contribution < 1.29 is 18.7 Å². The second-order valence-electron chi connectivity index (χ2n) is 6.93. The lowest BCUT2D eigenvalue weighted by molar-refractivity contribution is -0.165. The Kier molecular flexibility index (Phi) is 5.70. The normalized spacial score (nSPS) is 12.5. The summed E-state index contributed by atoms with van der Waals surface area (Å²) in [6, 6.07) is 14.5. The van der Waals surface area contributed by atoms with E-state index in [0.717, 1.165) is 11.1 Å². The molecule has 0 saturated carbocycles. The SMILES string of the molecule is Cc1ccc(-c2nnc(C(C)OC(=O)C(C)(C)Oc3ccc(Cl)cc3)o2)cc1. The van der Waals surface area contributed by atoms with Crippen molar-refractivity contribution in [3.63, 3.8) is 0 Å². The number of benzene rings is 2. The van der Waals surface area contributed by atoms with Crippen molar-refractivity contribution in [2.24, 2.45) is 0 Å². The molecule has 0 aliphatic heterocycles. The molecule has 3 aromatic rings. The molecule has 1 unspecified atom stereocenters. The lowest BCUT2D eigenvalue weighted by atomic mass is 10.1. The molecule has 28 heavy (non-hydrogen) atoms. The third-order valence-electron chi connectivity index (χ3n) is 4.05. The van der Waals surface area contributed by atoms with E-state index in [1.54, 1.807) is 45.0 Å². The number of ether oxygens (including phenoxy) is 2. The fraction of sp³-hybridized carbons (Fsp3) is 0.286. The number of esters is 1. The minimum absolute atomic E-state index is 0.214. The first-order chi connectivity index (χ1) is 13.2. The zero-order valence-corrected chi connectivity index (χ0v) is 16.9. The smallest absolute Gasteiger partial charge is 0.350 e. The molecule has 1 heterocycles. The summed E-state index contributed by atoms with van der Waals surface area (Å²) in [5.74, 6) is 0.546. The highest BCUT2D eigenvalue weighted by molar-refractivity contribution is 6.30. The number of nitrogens with zero attached hydrogens (tertiary/aromatic N) is 2. The van der Waals surface area contributed by atoms with Crippen LogP contribution in [0.15, 0.2) is 52.9 Å². The molecular weight excluding hydrogens is 380 g/mol. The fourth-order valence-corrected chi connectivity index (χ4v) is 2.53. The summed E-state index contributed by atoms with van der Waals surface area (Å²) >= 11 is 5.87. The van der Waals surface area contributed by atoms with E-state index in [0.29, 0.717) is 16.7 Å². The maximum atomic E-state index is 12.6. The maximum absolute atomic E-state index is 12.6. The van der Waals surface area contributed by atoms with Crippen LogP contribution < -0.4 is 4.74 Å². The number of hydrogen-bond donors (Lipinski definition) is 0. The van der Waals surface area contributed by atoms with E-state index in [9.17, 15) is 4.79 Å². The quantitative estimate of drug-likeness (QED) is 0.532. The van der Waals surface area contributed by atoms with Crippen LogP contribution in [0.2, 0.25) is 5.02 Å². The highest BCUT2D eigenvalue weighted by Crippen LogP contribution is 2.26. The molecule has 0 spiro atoms. The van der Waals surface area contributed by atoms with E-state index in [-0.39, 0.29) is 5.89 Å². The summed E-state index contributed by atoms with van der Waals surface area (Å²) in [4.78, 5) is 12.6. The summed E-state index contributed by atoms with van der Waals surface area (Å²) in [5, 5.41) is 8.61. The van der Waals surface area contributed by atoms with E-state index in [1.165, 1.54) is 0 Å². The Morgan fingerprint density at radius 3 is 2.36 bits per heavy atom. The van der Waals surface area contributed by atoms with Gasteiger partial charge in [0.25, 0.3) is 5.89 Å². The van der Waals surface area contributed by atoms with Gasteiger partial charge in [0.05, 0.1) is 0 Å². The Balaban J connectivity index is 1.66. The van der Waals surface area contributed by atoms with Crippen molar-refractivity contribution in [1.29, 1.82) is 0 Å². The number of rotatable bonds is 6. The third kappa shape index (κ3) is 4.70. The zero-order chi connectivity index (χ0) is 20.3.